The van der Waals surface area contributed by atoms with Crippen molar-refractivity contribution >= 4 is 28.9 Å². The zero-order valence-corrected chi connectivity index (χ0v) is 11.5. The maximum atomic E-state index is 13.2. The fraction of sp³-hybridized carbons (Fsp3) is 0.250. The van der Waals surface area contributed by atoms with Gasteiger partial charge < -0.3 is 5.32 Å². The van der Waals surface area contributed by atoms with Crippen LogP contribution >= 0.6 is 23.2 Å². The summed E-state index contributed by atoms with van der Waals surface area (Å²) in [7, 11) is 1.87. The molecule has 1 heterocycles. The summed E-state index contributed by atoms with van der Waals surface area (Å²) < 4.78 is 15.0. The summed E-state index contributed by atoms with van der Waals surface area (Å²) in [4.78, 5) is 0. The first-order valence-corrected chi connectivity index (χ1v) is 6.11. The molecule has 0 aliphatic carbocycles. The molecular weight excluding hydrogens is 276 g/mol. The third kappa shape index (κ3) is 2.76. The minimum absolute atomic E-state index is 0.00573. The highest BCUT2D eigenvalue weighted by Gasteiger charge is 2.08. The van der Waals surface area contributed by atoms with Crippen LogP contribution in [0.3, 0.4) is 0 Å². The number of nitrogens with zero attached hydrogens (tertiary/aromatic N) is 2. The van der Waals surface area contributed by atoms with Crippen LogP contribution in [-0.2, 0) is 13.6 Å². The van der Waals surface area contributed by atoms with E-state index in [9.17, 15) is 4.39 Å². The number of anilines is 1. The van der Waals surface area contributed by atoms with Crippen LogP contribution in [0, 0.1) is 12.7 Å². The summed E-state index contributed by atoms with van der Waals surface area (Å²) in [6.45, 7) is 2.49. The van der Waals surface area contributed by atoms with Gasteiger partial charge in [0.25, 0.3) is 0 Å². The monoisotopic (exact) mass is 287 g/mol. The SMILES string of the molecule is Cc1cc(CNc2cc(Cl)c(F)c(Cl)c2)n(C)n1. The number of aromatic nitrogens is 2. The smallest absolute Gasteiger partial charge is 0.160 e. The van der Waals surface area contributed by atoms with Crippen molar-refractivity contribution in [3.63, 3.8) is 0 Å². The first-order valence-electron chi connectivity index (χ1n) is 5.35. The average molecular weight is 288 g/mol. The normalized spacial score (nSPS) is 10.7. The van der Waals surface area contributed by atoms with Crippen LogP contribution in [0.25, 0.3) is 0 Å². The fourth-order valence-electron chi connectivity index (χ4n) is 1.68. The Morgan fingerprint density at radius 1 is 1.28 bits per heavy atom. The summed E-state index contributed by atoms with van der Waals surface area (Å²) in [6, 6.07) is 4.98. The van der Waals surface area contributed by atoms with Gasteiger partial charge in [-0.2, -0.15) is 5.10 Å². The van der Waals surface area contributed by atoms with Crippen LogP contribution < -0.4 is 5.32 Å². The van der Waals surface area contributed by atoms with Crippen molar-refractivity contribution in [1.29, 1.82) is 0 Å². The van der Waals surface area contributed by atoms with Crippen molar-refractivity contribution in [3.8, 4) is 0 Å². The van der Waals surface area contributed by atoms with E-state index in [0.29, 0.717) is 12.2 Å². The van der Waals surface area contributed by atoms with Gasteiger partial charge >= 0.3 is 0 Å². The lowest BCUT2D eigenvalue weighted by Crippen LogP contribution is -2.05. The van der Waals surface area contributed by atoms with Crippen molar-refractivity contribution in [2.75, 3.05) is 5.32 Å². The Morgan fingerprint density at radius 3 is 2.39 bits per heavy atom. The van der Waals surface area contributed by atoms with Gasteiger partial charge in [0.15, 0.2) is 5.82 Å². The van der Waals surface area contributed by atoms with Gasteiger partial charge in [0.05, 0.1) is 28.0 Å². The lowest BCUT2D eigenvalue weighted by atomic mass is 10.3. The predicted octanol–water partition coefficient (Wildman–Crippen LogP) is 3.79. The number of nitrogens with one attached hydrogen (secondary N) is 1. The molecule has 0 aliphatic heterocycles. The number of rotatable bonds is 3. The molecule has 96 valence electrons. The molecule has 2 aromatic rings. The third-order valence-electron chi connectivity index (χ3n) is 2.56. The highest BCUT2D eigenvalue weighted by atomic mass is 35.5. The molecule has 18 heavy (non-hydrogen) atoms. The average Bonchev–Trinajstić information content (AvgIpc) is 2.62. The molecule has 0 saturated carbocycles. The maximum Gasteiger partial charge on any atom is 0.160 e. The van der Waals surface area contributed by atoms with Crippen molar-refractivity contribution in [3.05, 3.63) is 45.4 Å². The second-order valence-corrected chi connectivity index (χ2v) is 4.82. The maximum absolute atomic E-state index is 13.2. The molecular formula is C12H12Cl2FN3. The molecule has 0 amide bonds. The van der Waals surface area contributed by atoms with Crippen molar-refractivity contribution < 1.29 is 4.39 Å². The molecule has 1 N–H and O–H groups in total. The minimum atomic E-state index is -0.597. The van der Waals surface area contributed by atoms with E-state index in [2.05, 4.69) is 10.4 Å². The van der Waals surface area contributed by atoms with Gasteiger partial charge in [0, 0.05) is 12.7 Å². The summed E-state index contributed by atoms with van der Waals surface area (Å²) >= 11 is 11.4. The minimum Gasteiger partial charge on any atom is -0.379 e. The zero-order valence-electron chi connectivity index (χ0n) is 9.97. The molecule has 0 atom stereocenters. The van der Waals surface area contributed by atoms with E-state index in [-0.39, 0.29) is 10.0 Å². The lowest BCUT2D eigenvalue weighted by Gasteiger charge is -2.08. The van der Waals surface area contributed by atoms with Gasteiger partial charge in [-0.05, 0) is 25.1 Å². The summed E-state index contributed by atoms with van der Waals surface area (Å²) in [6.07, 6.45) is 0. The Hall–Kier alpha value is -1.26. The van der Waals surface area contributed by atoms with E-state index < -0.39 is 5.82 Å². The predicted molar refractivity (Wildman–Crippen MR) is 71.7 cm³/mol. The second-order valence-electron chi connectivity index (χ2n) is 4.01. The number of halogens is 3. The van der Waals surface area contributed by atoms with Gasteiger partial charge in [-0.1, -0.05) is 23.2 Å². The van der Waals surface area contributed by atoms with Gasteiger partial charge in [0.1, 0.15) is 0 Å². The number of aryl methyl sites for hydroxylation is 2. The van der Waals surface area contributed by atoms with Gasteiger partial charge in [-0.3, -0.25) is 4.68 Å². The number of hydrogen-bond donors (Lipinski definition) is 1. The molecule has 1 aromatic carbocycles. The van der Waals surface area contributed by atoms with Crippen LogP contribution in [0.5, 0.6) is 0 Å². The summed E-state index contributed by atoms with van der Waals surface area (Å²) in [5.41, 5.74) is 2.64. The van der Waals surface area contributed by atoms with Crippen molar-refractivity contribution in [1.82, 2.24) is 9.78 Å². The lowest BCUT2D eigenvalue weighted by molar-refractivity contribution is 0.629. The van der Waals surface area contributed by atoms with E-state index in [1.165, 1.54) is 12.1 Å². The summed E-state index contributed by atoms with van der Waals surface area (Å²) in [5.74, 6) is -0.597. The highest BCUT2D eigenvalue weighted by Crippen LogP contribution is 2.27. The Morgan fingerprint density at radius 2 is 1.89 bits per heavy atom. The molecule has 0 radical (unpaired) electrons. The molecule has 0 spiro atoms. The Kier molecular flexibility index (Phi) is 3.78. The second kappa shape index (κ2) is 5.16. The Balaban J connectivity index is 2.13. The molecule has 0 bridgehead atoms. The third-order valence-corrected chi connectivity index (χ3v) is 3.11. The first-order chi connectivity index (χ1) is 8.47. The quantitative estimate of drug-likeness (QED) is 0.871. The van der Waals surface area contributed by atoms with E-state index >= 15 is 0 Å². The van der Waals surface area contributed by atoms with Crippen LogP contribution in [0.4, 0.5) is 10.1 Å². The molecule has 0 aliphatic rings. The van der Waals surface area contributed by atoms with E-state index in [4.69, 9.17) is 23.2 Å². The molecule has 0 fully saturated rings. The molecule has 0 saturated heterocycles. The molecule has 3 nitrogen and oxygen atoms in total. The molecule has 1 aromatic heterocycles. The zero-order chi connectivity index (χ0) is 13.3. The van der Waals surface area contributed by atoms with Crippen LogP contribution in [0.2, 0.25) is 10.0 Å². The number of benzene rings is 1. The largest absolute Gasteiger partial charge is 0.379 e. The summed E-state index contributed by atoms with van der Waals surface area (Å²) in [5, 5.41) is 7.38. The van der Waals surface area contributed by atoms with Crippen LogP contribution in [-0.4, -0.2) is 9.78 Å². The van der Waals surface area contributed by atoms with Gasteiger partial charge in [0.2, 0.25) is 0 Å². The Bertz CT molecular complexity index is 558. The Labute approximate surface area is 115 Å². The van der Waals surface area contributed by atoms with E-state index in [0.717, 1.165) is 11.4 Å². The molecule has 2 rings (SSSR count). The van der Waals surface area contributed by atoms with Gasteiger partial charge in [-0.25, -0.2) is 4.39 Å². The standard InChI is InChI=1S/C12H12Cl2FN3/c1-7-3-9(18(2)17-7)6-16-8-4-10(13)12(15)11(14)5-8/h3-5,16H,6H2,1-2H3. The topological polar surface area (TPSA) is 29.9 Å². The van der Waals surface area contributed by atoms with Crippen molar-refractivity contribution in [2.24, 2.45) is 7.05 Å². The number of hydrogen-bond acceptors (Lipinski definition) is 2. The van der Waals surface area contributed by atoms with Crippen LogP contribution in [0.1, 0.15) is 11.4 Å². The van der Waals surface area contributed by atoms with Crippen LogP contribution in [0.15, 0.2) is 18.2 Å². The van der Waals surface area contributed by atoms with Gasteiger partial charge in [-0.15, -0.1) is 0 Å². The van der Waals surface area contributed by atoms with E-state index in [1.807, 2.05) is 20.0 Å². The van der Waals surface area contributed by atoms with E-state index in [1.54, 1.807) is 4.68 Å². The molecule has 6 heteroatoms. The molecule has 0 unspecified atom stereocenters. The highest BCUT2D eigenvalue weighted by molar-refractivity contribution is 6.35. The fourth-order valence-corrected chi connectivity index (χ4v) is 2.17. The van der Waals surface area contributed by atoms with Crippen molar-refractivity contribution in [2.45, 2.75) is 13.5 Å². The first kappa shape index (κ1) is 13.2.